The second kappa shape index (κ2) is 5.30. The minimum absolute atomic E-state index is 0.0923. The zero-order chi connectivity index (χ0) is 15.9. The second-order valence-corrected chi connectivity index (χ2v) is 6.61. The predicted octanol–water partition coefficient (Wildman–Crippen LogP) is 2.45. The van der Waals surface area contributed by atoms with Crippen molar-refractivity contribution in [1.82, 2.24) is 4.90 Å². The maximum atomic E-state index is 12.3. The molecule has 0 radical (unpaired) electrons. The molecule has 0 spiro atoms. The molecule has 2 fully saturated rings. The highest BCUT2D eigenvalue weighted by Crippen LogP contribution is 2.65. The largest absolute Gasteiger partial charge is 0.467 e. The summed E-state index contributed by atoms with van der Waals surface area (Å²) in [4.78, 5) is 25.9. The second-order valence-electron chi connectivity index (χ2n) is 6.61. The maximum Gasteiger partial charge on any atom is 0.410 e. The van der Waals surface area contributed by atoms with Crippen LogP contribution in [0, 0.1) is 17.3 Å². The van der Waals surface area contributed by atoms with Gasteiger partial charge in [0.25, 0.3) is 0 Å². The van der Waals surface area contributed by atoms with Gasteiger partial charge in [0, 0.05) is 12.5 Å². The fraction of sp³-hybridized carbons (Fsp3) is 0.529. The lowest BCUT2D eigenvalue weighted by molar-refractivity contribution is -0.146. The molecule has 0 bridgehead atoms. The number of carbonyl (C=O) groups excluding carboxylic acids is 2. The number of piperidine rings is 1. The third-order valence-corrected chi connectivity index (χ3v) is 5.09. The van der Waals surface area contributed by atoms with Gasteiger partial charge in [-0.2, -0.15) is 0 Å². The molecule has 1 aromatic carbocycles. The van der Waals surface area contributed by atoms with E-state index in [9.17, 15) is 9.59 Å². The number of benzene rings is 1. The molecule has 1 aliphatic heterocycles. The first kappa shape index (κ1) is 14.9. The van der Waals surface area contributed by atoms with Crippen molar-refractivity contribution < 1.29 is 19.1 Å². The van der Waals surface area contributed by atoms with Crippen LogP contribution in [-0.4, -0.2) is 36.7 Å². The molecule has 1 saturated carbocycles. The molecule has 118 valence electrons. The van der Waals surface area contributed by atoms with Crippen molar-refractivity contribution in [2.45, 2.75) is 26.5 Å². The Hall–Kier alpha value is -2.04. The van der Waals surface area contributed by atoms with Gasteiger partial charge in [-0.25, -0.2) is 9.59 Å². The molecule has 0 N–H and O–H groups in total. The van der Waals surface area contributed by atoms with Crippen molar-refractivity contribution >= 4 is 12.1 Å². The van der Waals surface area contributed by atoms with Crippen LogP contribution in [0.1, 0.15) is 19.4 Å². The van der Waals surface area contributed by atoms with Crippen LogP contribution in [0.4, 0.5) is 4.79 Å². The van der Waals surface area contributed by atoms with Gasteiger partial charge < -0.3 is 9.47 Å². The highest BCUT2D eigenvalue weighted by molar-refractivity contribution is 5.83. The lowest BCUT2D eigenvalue weighted by Gasteiger charge is -2.28. The van der Waals surface area contributed by atoms with Gasteiger partial charge in [0.2, 0.25) is 0 Å². The summed E-state index contributed by atoms with van der Waals surface area (Å²) in [5, 5.41) is 0. The van der Waals surface area contributed by atoms with E-state index in [1.165, 1.54) is 12.0 Å². The maximum absolute atomic E-state index is 12.3. The molecule has 1 aromatic rings. The molecule has 5 heteroatoms. The van der Waals surface area contributed by atoms with Crippen molar-refractivity contribution in [1.29, 1.82) is 0 Å². The van der Waals surface area contributed by atoms with Crippen LogP contribution in [0.2, 0.25) is 0 Å². The van der Waals surface area contributed by atoms with Gasteiger partial charge in [0.05, 0.1) is 7.11 Å². The van der Waals surface area contributed by atoms with Crippen LogP contribution < -0.4 is 0 Å². The summed E-state index contributed by atoms with van der Waals surface area (Å²) in [6, 6.07) is 8.98. The van der Waals surface area contributed by atoms with Crippen LogP contribution >= 0.6 is 0 Å². The minimum atomic E-state index is -0.520. The van der Waals surface area contributed by atoms with Crippen LogP contribution in [0.5, 0.6) is 0 Å². The fourth-order valence-corrected chi connectivity index (χ4v) is 3.67. The number of esters is 1. The third kappa shape index (κ3) is 2.34. The number of fused-ring (bicyclic) bond motifs is 1. The zero-order valence-electron chi connectivity index (χ0n) is 13.1. The first-order valence-electron chi connectivity index (χ1n) is 7.52. The summed E-state index contributed by atoms with van der Waals surface area (Å²) < 4.78 is 10.2. The van der Waals surface area contributed by atoms with Gasteiger partial charge in [-0.1, -0.05) is 44.2 Å². The number of amides is 1. The summed E-state index contributed by atoms with van der Waals surface area (Å²) in [5.74, 6) is 0.167. The van der Waals surface area contributed by atoms with Crippen molar-refractivity contribution in [2.24, 2.45) is 17.3 Å². The molecule has 3 atom stereocenters. The normalized spacial score (nSPS) is 28.0. The smallest absolute Gasteiger partial charge is 0.410 e. The molecule has 1 unspecified atom stereocenters. The first-order valence-corrected chi connectivity index (χ1v) is 7.52. The van der Waals surface area contributed by atoms with E-state index in [-0.39, 0.29) is 23.9 Å². The van der Waals surface area contributed by atoms with Gasteiger partial charge in [0.1, 0.15) is 12.6 Å². The van der Waals surface area contributed by atoms with Crippen molar-refractivity contribution in [3.8, 4) is 0 Å². The van der Waals surface area contributed by atoms with Crippen molar-refractivity contribution in [2.75, 3.05) is 13.7 Å². The SMILES string of the molecule is COC(=O)[C@@H]1[C@@H]2C(CN1C(=O)OCc1ccccc1)C2(C)C. The highest BCUT2D eigenvalue weighted by Gasteiger charge is 2.70. The molecule has 1 aliphatic carbocycles. The first-order chi connectivity index (χ1) is 10.5. The van der Waals surface area contributed by atoms with Crippen molar-refractivity contribution in [3.63, 3.8) is 0 Å². The van der Waals surface area contributed by atoms with Gasteiger partial charge in [0.15, 0.2) is 0 Å². The van der Waals surface area contributed by atoms with Gasteiger partial charge in [-0.15, -0.1) is 0 Å². The Kier molecular flexibility index (Phi) is 3.59. The van der Waals surface area contributed by atoms with Gasteiger partial charge in [-0.05, 0) is 16.9 Å². The Balaban J connectivity index is 1.66. The van der Waals surface area contributed by atoms with E-state index in [0.717, 1.165) is 5.56 Å². The lowest BCUT2D eigenvalue weighted by atomic mass is 10.0. The molecule has 1 heterocycles. The van der Waals surface area contributed by atoms with Gasteiger partial charge >= 0.3 is 12.1 Å². The average molecular weight is 303 g/mol. The molecular weight excluding hydrogens is 282 g/mol. The number of hydrogen-bond acceptors (Lipinski definition) is 4. The summed E-state index contributed by atoms with van der Waals surface area (Å²) in [7, 11) is 1.36. The third-order valence-electron chi connectivity index (χ3n) is 5.09. The number of hydrogen-bond donors (Lipinski definition) is 0. The number of nitrogens with zero attached hydrogens (tertiary/aromatic N) is 1. The van der Waals surface area contributed by atoms with E-state index in [1.54, 1.807) is 0 Å². The minimum Gasteiger partial charge on any atom is -0.467 e. The molecule has 2 aliphatic rings. The average Bonchev–Trinajstić information content (AvgIpc) is 2.90. The predicted molar refractivity (Wildman–Crippen MR) is 79.9 cm³/mol. The molecule has 22 heavy (non-hydrogen) atoms. The monoisotopic (exact) mass is 303 g/mol. The Labute approximate surface area is 130 Å². The summed E-state index contributed by atoms with van der Waals surface area (Å²) in [6.07, 6.45) is -0.442. The lowest BCUT2D eigenvalue weighted by Crippen LogP contribution is -2.46. The Morgan fingerprint density at radius 1 is 1.27 bits per heavy atom. The van der Waals surface area contributed by atoms with Crippen LogP contribution in [0.3, 0.4) is 0 Å². The Morgan fingerprint density at radius 2 is 1.95 bits per heavy atom. The number of likely N-dealkylation sites (tertiary alicyclic amines) is 1. The molecule has 5 nitrogen and oxygen atoms in total. The molecule has 1 saturated heterocycles. The number of methoxy groups -OCH3 is 1. The topological polar surface area (TPSA) is 55.8 Å². The quantitative estimate of drug-likeness (QED) is 0.805. The van der Waals surface area contributed by atoms with Crippen LogP contribution in [0.25, 0.3) is 0 Å². The van der Waals surface area contributed by atoms with Gasteiger partial charge in [-0.3, -0.25) is 4.90 Å². The zero-order valence-corrected chi connectivity index (χ0v) is 13.1. The van der Waals surface area contributed by atoms with E-state index >= 15 is 0 Å². The standard InChI is InChI=1S/C17H21NO4/c1-17(2)12-9-18(14(13(12)17)15(19)21-3)16(20)22-10-11-7-5-4-6-8-11/h4-8,12-14H,9-10H2,1-3H3/t12?,13-,14-/m0/s1. The van der Waals surface area contributed by atoms with Crippen molar-refractivity contribution in [3.05, 3.63) is 35.9 Å². The molecule has 0 aromatic heterocycles. The number of rotatable bonds is 3. The number of ether oxygens (including phenoxy) is 2. The summed E-state index contributed by atoms with van der Waals surface area (Å²) in [6.45, 7) is 5.03. The Bertz CT molecular complexity index is 584. The fourth-order valence-electron chi connectivity index (χ4n) is 3.67. The summed E-state index contributed by atoms with van der Waals surface area (Å²) in [5.41, 5.74) is 1.02. The molecule has 3 rings (SSSR count). The summed E-state index contributed by atoms with van der Waals surface area (Å²) >= 11 is 0. The van der Waals surface area contributed by atoms with E-state index in [0.29, 0.717) is 12.5 Å². The molecule has 1 amide bonds. The van der Waals surface area contributed by atoms with E-state index in [1.807, 2.05) is 30.3 Å². The van der Waals surface area contributed by atoms with E-state index < -0.39 is 12.1 Å². The Morgan fingerprint density at radius 3 is 2.59 bits per heavy atom. The van der Waals surface area contributed by atoms with E-state index in [2.05, 4.69) is 13.8 Å². The van der Waals surface area contributed by atoms with Crippen LogP contribution in [0.15, 0.2) is 30.3 Å². The van der Waals surface area contributed by atoms with Crippen LogP contribution in [-0.2, 0) is 20.9 Å². The number of carbonyl (C=O) groups is 2. The van der Waals surface area contributed by atoms with E-state index in [4.69, 9.17) is 9.47 Å². The molecular formula is C17H21NO4. The highest BCUT2D eigenvalue weighted by atomic mass is 16.6.